The van der Waals surface area contributed by atoms with Crippen molar-refractivity contribution >= 4 is 11.9 Å². The maximum Gasteiger partial charge on any atom is 0.311 e. The Bertz CT molecular complexity index is 515. The Kier molecular flexibility index (Phi) is 4.11. The number of oxazole rings is 1. The molecule has 0 aliphatic heterocycles. The topological polar surface area (TPSA) is 92.4 Å². The molecule has 0 bridgehead atoms. The molecule has 0 radical (unpaired) electrons. The Balaban J connectivity index is 2.04. The lowest BCUT2D eigenvalue weighted by Gasteiger charge is -2.33. The predicted molar refractivity (Wildman–Crippen MR) is 71.5 cm³/mol. The van der Waals surface area contributed by atoms with E-state index >= 15 is 0 Å². The number of carbonyl (C=O) groups is 2. The average molecular weight is 280 g/mol. The van der Waals surface area contributed by atoms with Crippen LogP contribution in [0.4, 0.5) is 0 Å². The van der Waals surface area contributed by atoms with Gasteiger partial charge in [0.05, 0.1) is 11.1 Å². The number of carbonyl (C=O) groups excluding carboxylic acids is 1. The number of hydrogen-bond donors (Lipinski definition) is 2. The van der Waals surface area contributed by atoms with Crippen LogP contribution in [-0.2, 0) is 4.79 Å². The molecular formula is C14H20N2O4. The minimum absolute atomic E-state index is 0.139. The molecule has 1 aromatic rings. The van der Waals surface area contributed by atoms with Crippen LogP contribution in [0.5, 0.6) is 0 Å². The van der Waals surface area contributed by atoms with E-state index in [4.69, 9.17) is 4.42 Å². The third-order valence-electron chi connectivity index (χ3n) is 3.96. The fourth-order valence-corrected chi connectivity index (χ4v) is 2.77. The van der Waals surface area contributed by atoms with Gasteiger partial charge in [-0.15, -0.1) is 0 Å². The van der Waals surface area contributed by atoms with Crippen LogP contribution in [0.2, 0.25) is 0 Å². The Morgan fingerprint density at radius 1 is 1.30 bits per heavy atom. The van der Waals surface area contributed by atoms with Gasteiger partial charge in [0, 0.05) is 13.5 Å². The number of carboxylic acids is 1. The largest absolute Gasteiger partial charge is 0.481 e. The Labute approximate surface area is 117 Å². The molecule has 0 saturated heterocycles. The summed E-state index contributed by atoms with van der Waals surface area (Å²) in [6.45, 7) is 3.50. The average Bonchev–Trinajstić information content (AvgIpc) is 2.76. The van der Waals surface area contributed by atoms with Gasteiger partial charge in [-0.2, -0.15) is 0 Å². The zero-order valence-electron chi connectivity index (χ0n) is 11.9. The summed E-state index contributed by atoms with van der Waals surface area (Å²) >= 11 is 0. The van der Waals surface area contributed by atoms with Crippen molar-refractivity contribution in [2.45, 2.75) is 46.0 Å². The third kappa shape index (κ3) is 2.84. The van der Waals surface area contributed by atoms with Gasteiger partial charge in [0.2, 0.25) is 5.76 Å². The van der Waals surface area contributed by atoms with Crippen molar-refractivity contribution in [1.29, 1.82) is 0 Å². The Morgan fingerprint density at radius 2 is 1.95 bits per heavy atom. The van der Waals surface area contributed by atoms with Crippen molar-refractivity contribution in [2.75, 3.05) is 6.54 Å². The van der Waals surface area contributed by atoms with E-state index in [0.29, 0.717) is 24.4 Å². The normalized spacial score (nSPS) is 17.7. The summed E-state index contributed by atoms with van der Waals surface area (Å²) in [5, 5.41) is 12.1. The minimum Gasteiger partial charge on any atom is -0.481 e. The maximum atomic E-state index is 12.0. The lowest BCUT2D eigenvalue weighted by molar-refractivity contribution is -0.150. The summed E-state index contributed by atoms with van der Waals surface area (Å²) in [5.74, 6) is -0.630. The van der Waals surface area contributed by atoms with Gasteiger partial charge >= 0.3 is 5.97 Å². The first-order chi connectivity index (χ1) is 9.44. The first kappa shape index (κ1) is 14.6. The van der Waals surface area contributed by atoms with Crippen LogP contribution in [0.1, 0.15) is 54.2 Å². The molecule has 6 nitrogen and oxygen atoms in total. The predicted octanol–water partition coefficient (Wildman–Crippen LogP) is 2.06. The lowest BCUT2D eigenvalue weighted by atomic mass is 9.74. The molecule has 1 heterocycles. The van der Waals surface area contributed by atoms with Gasteiger partial charge in [-0.3, -0.25) is 9.59 Å². The van der Waals surface area contributed by atoms with E-state index in [2.05, 4.69) is 10.3 Å². The zero-order chi connectivity index (χ0) is 14.8. The van der Waals surface area contributed by atoms with Crippen molar-refractivity contribution in [1.82, 2.24) is 10.3 Å². The second kappa shape index (κ2) is 5.64. The molecule has 0 spiro atoms. The second-order valence-electron chi connectivity index (χ2n) is 5.48. The second-order valence-corrected chi connectivity index (χ2v) is 5.48. The highest BCUT2D eigenvalue weighted by Gasteiger charge is 2.40. The van der Waals surface area contributed by atoms with Crippen LogP contribution < -0.4 is 5.32 Å². The molecule has 1 saturated carbocycles. The van der Waals surface area contributed by atoms with E-state index in [1.165, 1.54) is 0 Å². The van der Waals surface area contributed by atoms with E-state index in [9.17, 15) is 14.7 Å². The number of nitrogens with one attached hydrogen (secondary N) is 1. The van der Waals surface area contributed by atoms with Crippen LogP contribution in [0, 0.1) is 19.3 Å². The fraction of sp³-hybridized carbons (Fsp3) is 0.643. The quantitative estimate of drug-likeness (QED) is 0.880. The summed E-state index contributed by atoms with van der Waals surface area (Å²) in [5.41, 5.74) is -0.315. The van der Waals surface area contributed by atoms with Crippen LogP contribution in [0.25, 0.3) is 0 Å². The van der Waals surface area contributed by atoms with Crippen LogP contribution in [-0.4, -0.2) is 28.5 Å². The molecule has 1 aliphatic carbocycles. The molecule has 20 heavy (non-hydrogen) atoms. The molecule has 6 heteroatoms. The number of aryl methyl sites for hydroxylation is 2. The van der Waals surface area contributed by atoms with E-state index in [0.717, 1.165) is 19.3 Å². The number of amides is 1. The van der Waals surface area contributed by atoms with Gasteiger partial charge in [0.25, 0.3) is 5.91 Å². The monoisotopic (exact) mass is 280 g/mol. The maximum absolute atomic E-state index is 12.0. The molecular weight excluding hydrogens is 260 g/mol. The smallest absolute Gasteiger partial charge is 0.311 e. The summed E-state index contributed by atoms with van der Waals surface area (Å²) in [7, 11) is 0. The number of aromatic nitrogens is 1. The Morgan fingerprint density at radius 3 is 2.45 bits per heavy atom. The molecule has 2 N–H and O–H groups in total. The minimum atomic E-state index is -0.836. The number of rotatable bonds is 4. The SMILES string of the molecule is Cc1nc(C)c(C(=O)NCC2(C(=O)O)CCCCC2)o1. The molecule has 1 aromatic heterocycles. The van der Waals surface area contributed by atoms with Crippen LogP contribution in [0.3, 0.4) is 0 Å². The number of nitrogens with zero attached hydrogens (tertiary/aromatic N) is 1. The van der Waals surface area contributed by atoms with Crippen molar-refractivity contribution in [3.05, 3.63) is 17.3 Å². The van der Waals surface area contributed by atoms with E-state index in [1.54, 1.807) is 13.8 Å². The lowest BCUT2D eigenvalue weighted by Crippen LogP contribution is -2.44. The molecule has 110 valence electrons. The molecule has 1 fully saturated rings. The van der Waals surface area contributed by atoms with Crippen molar-refractivity contribution < 1.29 is 19.1 Å². The molecule has 2 rings (SSSR count). The van der Waals surface area contributed by atoms with Crippen molar-refractivity contribution in [3.63, 3.8) is 0 Å². The van der Waals surface area contributed by atoms with Gasteiger partial charge in [0.15, 0.2) is 5.89 Å². The Hall–Kier alpha value is -1.85. The standard InChI is InChI=1S/C14H20N2O4/c1-9-11(20-10(2)16-9)12(17)15-8-14(13(18)19)6-4-3-5-7-14/h3-8H2,1-2H3,(H,15,17)(H,18,19). The van der Waals surface area contributed by atoms with Gasteiger partial charge in [-0.1, -0.05) is 19.3 Å². The zero-order valence-corrected chi connectivity index (χ0v) is 11.9. The first-order valence-electron chi connectivity index (χ1n) is 6.90. The summed E-state index contributed by atoms with van der Waals surface area (Å²) in [6.07, 6.45) is 4.06. The fourth-order valence-electron chi connectivity index (χ4n) is 2.77. The van der Waals surface area contributed by atoms with Crippen LogP contribution in [0.15, 0.2) is 4.42 Å². The number of hydrogen-bond acceptors (Lipinski definition) is 4. The van der Waals surface area contributed by atoms with E-state index in [1.807, 2.05) is 0 Å². The van der Waals surface area contributed by atoms with Gasteiger partial charge in [0.1, 0.15) is 0 Å². The van der Waals surface area contributed by atoms with Crippen molar-refractivity contribution in [2.24, 2.45) is 5.41 Å². The summed E-state index contributed by atoms with van der Waals surface area (Å²) in [4.78, 5) is 27.6. The highest BCUT2D eigenvalue weighted by Crippen LogP contribution is 2.36. The van der Waals surface area contributed by atoms with Gasteiger partial charge < -0.3 is 14.8 Å². The molecule has 0 unspecified atom stereocenters. The van der Waals surface area contributed by atoms with E-state index < -0.39 is 17.3 Å². The molecule has 1 aliphatic rings. The number of aliphatic carboxylic acids is 1. The highest BCUT2D eigenvalue weighted by atomic mass is 16.4. The van der Waals surface area contributed by atoms with Gasteiger partial charge in [-0.05, 0) is 19.8 Å². The molecule has 0 aromatic carbocycles. The first-order valence-corrected chi connectivity index (χ1v) is 6.90. The van der Waals surface area contributed by atoms with E-state index in [-0.39, 0.29) is 12.3 Å². The number of carboxylic acid groups (broad SMARTS) is 1. The molecule has 0 atom stereocenters. The van der Waals surface area contributed by atoms with Gasteiger partial charge in [-0.25, -0.2) is 4.98 Å². The highest BCUT2D eigenvalue weighted by molar-refractivity contribution is 5.92. The summed E-state index contributed by atoms with van der Waals surface area (Å²) < 4.78 is 5.24. The van der Waals surface area contributed by atoms with Crippen molar-refractivity contribution in [3.8, 4) is 0 Å². The molecule has 1 amide bonds. The summed E-state index contributed by atoms with van der Waals surface area (Å²) in [6, 6.07) is 0. The van der Waals surface area contributed by atoms with Crippen LogP contribution >= 0.6 is 0 Å². The third-order valence-corrected chi connectivity index (χ3v) is 3.96.